The minimum Gasteiger partial charge on any atom is -0.456 e. The first kappa shape index (κ1) is 19.0. The molecule has 0 bridgehead atoms. The zero-order chi connectivity index (χ0) is 19.4. The van der Waals surface area contributed by atoms with Crippen molar-refractivity contribution in [2.45, 2.75) is 30.4 Å². The maximum Gasteiger partial charge on any atom is 0.307 e. The zero-order valence-corrected chi connectivity index (χ0v) is 15.9. The van der Waals surface area contributed by atoms with Crippen LogP contribution in [0.5, 0.6) is 0 Å². The fraction of sp³-hybridized carbons (Fsp3) is 0.250. The molecule has 0 aromatic heterocycles. The first-order chi connectivity index (χ1) is 12.9. The Morgan fingerprint density at radius 3 is 2.74 bits per heavy atom. The number of hydrogen-bond donors (Lipinski definition) is 2. The standard InChI is InChI=1S/C20H20N2O4S/c1-12-6-5-8-14(13(12)2)21-18(23)11-26-19(24)10-17-20(25)22-15-7-3-4-9-16(15)27-17/h3-9,17H,10-11H2,1-2H3,(H,21,23)(H,22,25)/t17-/m0/s1. The fourth-order valence-corrected chi connectivity index (χ4v) is 3.75. The third kappa shape index (κ3) is 4.68. The second-order valence-corrected chi connectivity index (χ2v) is 7.50. The quantitative estimate of drug-likeness (QED) is 0.773. The lowest BCUT2D eigenvalue weighted by molar-refractivity contribution is -0.147. The molecule has 6 nitrogen and oxygen atoms in total. The summed E-state index contributed by atoms with van der Waals surface area (Å²) in [5.74, 6) is -1.24. The predicted molar refractivity (Wildman–Crippen MR) is 105 cm³/mol. The summed E-state index contributed by atoms with van der Waals surface area (Å²) in [5.41, 5.74) is 3.46. The van der Waals surface area contributed by atoms with Crippen molar-refractivity contribution < 1.29 is 19.1 Å². The Morgan fingerprint density at radius 2 is 1.93 bits per heavy atom. The van der Waals surface area contributed by atoms with Gasteiger partial charge < -0.3 is 15.4 Å². The molecule has 7 heteroatoms. The van der Waals surface area contributed by atoms with Crippen molar-refractivity contribution in [1.82, 2.24) is 0 Å². The number of fused-ring (bicyclic) bond motifs is 1. The van der Waals surface area contributed by atoms with E-state index >= 15 is 0 Å². The Bertz CT molecular complexity index is 897. The number of thioether (sulfide) groups is 1. The van der Waals surface area contributed by atoms with E-state index in [0.29, 0.717) is 5.69 Å². The van der Waals surface area contributed by atoms with Gasteiger partial charge >= 0.3 is 5.97 Å². The van der Waals surface area contributed by atoms with Crippen molar-refractivity contribution in [3.05, 3.63) is 53.6 Å². The van der Waals surface area contributed by atoms with Crippen LogP contribution in [-0.4, -0.2) is 29.6 Å². The van der Waals surface area contributed by atoms with Crippen LogP contribution in [0.4, 0.5) is 11.4 Å². The van der Waals surface area contributed by atoms with Crippen molar-refractivity contribution in [2.24, 2.45) is 0 Å². The third-order valence-electron chi connectivity index (χ3n) is 4.30. The summed E-state index contributed by atoms with van der Waals surface area (Å²) in [4.78, 5) is 37.1. The smallest absolute Gasteiger partial charge is 0.307 e. The average molecular weight is 384 g/mol. The molecule has 2 amide bonds. The largest absolute Gasteiger partial charge is 0.456 e. The van der Waals surface area contributed by atoms with E-state index in [-0.39, 0.29) is 18.9 Å². The minimum atomic E-state index is -0.585. The molecule has 1 aliphatic heterocycles. The molecule has 0 saturated carbocycles. The minimum absolute atomic E-state index is 0.0956. The zero-order valence-electron chi connectivity index (χ0n) is 15.1. The number of nitrogens with one attached hydrogen (secondary N) is 2. The monoisotopic (exact) mass is 384 g/mol. The Hall–Kier alpha value is -2.80. The van der Waals surface area contributed by atoms with Gasteiger partial charge in [-0.3, -0.25) is 14.4 Å². The lowest BCUT2D eigenvalue weighted by atomic mass is 10.1. The van der Waals surface area contributed by atoms with Gasteiger partial charge in [0.15, 0.2) is 6.61 Å². The highest BCUT2D eigenvalue weighted by molar-refractivity contribution is 8.01. The number of amides is 2. The fourth-order valence-electron chi connectivity index (χ4n) is 2.66. The van der Waals surface area contributed by atoms with E-state index in [1.165, 1.54) is 11.8 Å². The Labute approximate surface area is 161 Å². The molecule has 0 radical (unpaired) electrons. The van der Waals surface area contributed by atoms with Crippen LogP contribution in [-0.2, 0) is 19.1 Å². The van der Waals surface area contributed by atoms with Crippen LogP contribution in [0.15, 0.2) is 47.4 Å². The number of aryl methyl sites for hydroxylation is 1. The van der Waals surface area contributed by atoms with Gasteiger partial charge in [-0.2, -0.15) is 0 Å². The average Bonchev–Trinajstić information content (AvgIpc) is 2.64. The number of carbonyl (C=O) groups is 3. The summed E-state index contributed by atoms with van der Waals surface area (Å²) in [7, 11) is 0. The molecule has 3 rings (SSSR count). The number of para-hydroxylation sites is 1. The molecule has 140 valence electrons. The van der Waals surface area contributed by atoms with Gasteiger partial charge in [-0.15, -0.1) is 11.8 Å². The molecule has 0 unspecified atom stereocenters. The van der Waals surface area contributed by atoms with Crippen LogP contribution in [0.25, 0.3) is 0 Å². The summed E-state index contributed by atoms with van der Waals surface area (Å²) in [6, 6.07) is 13.0. The van der Waals surface area contributed by atoms with Crippen molar-refractivity contribution in [2.75, 3.05) is 17.2 Å². The molecule has 1 heterocycles. The topological polar surface area (TPSA) is 84.5 Å². The summed E-state index contributed by atoms with van der Waals surface area (Å²) in [5, 5.41) is 4.93. The van der Waals surface area contributed by atoms with E-state index in [1.807, 2.05) is 50.2 Å². The Morgan fingerprint density at radius 1 is 1.15 bits per heavy atom. The van der Waals surface area contributed by atoms with Crippen molar-refractivity contribution >= 4 is 40.9 Å². The van der Waals surface area contributed by atoms with Gasteiger partial charge in [0, 0.05) is 10.6 Å². The van der Waals surface area contributed by atoms with Crippen LogP contribution >= 0.6 is 11.8 Å². The predicted octanol–water partition coefficient (Wildman–Crippen LogP) is 3.29. The summed E-state index contributed by atoms with van der Waals surface area (Å²) in [6.07, 6.45) is -0.0956. The van der Waals surface area contributed by atoms with Crippen molar-refractivity contribution in [3.8, 4) is 0 Å². The van der Waals surface area contributed by atoms with Gasteiger partial charge in [0.2, 0.25) is 5.91 Å². The van der Waals surface area contributed by atoms with Gasteiger partial charge in [0.05, 0.1) is 17.4 Å². The molecule has 1 atom stereocenters. The second kappa shape index (κ2) is 8.26. The van der Waals surface area contributed by atoms with Gasteiger partial charge in [0.25, 0.3) is 5.91 Å². The lowest BCUT2D eigenvalue weighted by Crippen LogP contribution is -2.32. The number of benzene rings is 2. The van der Waals surface area contributed by atoms with E-state index in [1.54, 1.807) is 6.07 Å². The molecule has 0 aliphatic carbocycles. The van der Waals surface area contributed by atoms with E-state index in [9.17, 15) is 14.4 Å². The molecule has 0 fully saturated rings. The second-order valence-electron chi connectivity index (χ2n) is 6.25. The van der Waals surface area contributed by atoms with Gasteiger partial charge in [-0.1, -0.05) is 24.3 Å². The highest BCUT2D eigenvalue weighted by atomic mass is 32.2. The molecule has 2 aromatic carbocycles. The van der Waals surface area contributed by atoms with Crippen LogP contribution in [0, 0.1) is 13.8 Å². The normalized spacial score (nSPS) is 15.5. The summed E-state index contributed by atoms with van der Waals surface area (Å²) in [6.45, 7) is 3.48. The molecule has 27 heavy (non-hydrogen) atoms. The molecular formula is C20H20N2O4S. The molecule has 0 spiro atoms. The maximum absolute atomic E-state index is 12.1. The van der Waals surface area contributed by atoms with E-state index in [0.717, 1.165) is 21.7 Å². The molecule has 2 N–H and O–H groups in total. The number of rotatable bonds is 5. The van der Waals surface area contributed by atoms with E-state index < -0.39 is 17.1 Å². The number of carbonyl (C=O) groups excluding carboxylic acids is 3. The Kier molecular flexibility index (Phi) is 5.81. The van der Waals surface area contributed by atoms with Gasteiger partial charge in [0.1, 0.15) is 0 Å². The molecule has 2 aromatic rings. The molecule has 0 saturated heterocycles. The number of esters is 1. The number of hydrogen-bond acceptors (Lipinski definition) is 5. The third-order valence-corrected chi connectivity index (χ3v) is 5.58. The van der Waals surface area contributed by atoms with E-state index in [4.69, 9.17) is 4.74 Å². The van der Waals surface area contributed by atoms with Crippen LogP contribution < -0.4 is 10.6 Å². The first-order valence-electron chi connectivity index (χ1n) is 8.52. The highest BCUT2D eigenvalue weighted by Crippen LogP contribution is 2.36. The lowest BCUT2D eigenvalue weighted by Gasteiger charge is -2.23. The van der Waals surface area contributed by atoms with E-state index in [2.05, 4.69) is 10.6 Å². The van der Waals surface area contributed by atoms with Crippen molar-refractivity contribution in [1.29, 1.82) is 0 Å². The maximum atomic E-state index is 12.1. The summed E-state index contributed by atoms with van der Waals surface area (Å²) < 4.78 is 5.04. The Balaban J connectivity index is 1.50. The van der Waals surface area contributed by atoms with Gasteiger partial charge in [-0.05, 0) is 43.2 Å². The van der Waals surface area contributed by atoms with Crippen LogP contribution in [0.3, 0.4) is 0 Å². The number of ether oxygens (including phenoxy) is 1. The SMILES string of the molecule is Cc1cccc(NC(=O)COC(=O)C[C@@H]2Sc3ccccc3NC2=O)c1C. The summed E-state index contributed by atoms with van der Waals surface area (Å²) >= 11 is 1.32. The molecule has 1 aliphatic rings. The van der Waals surface area contributed by atoms with Crippen LogP contribution in [0.1, 0.15) is 17.5 Å². The first-order valence-corrected chi connectivity index (χ1v) is 9.40. The highest BCUT2D eigenvalue weighted by Gasteiger charge is 2.29. The van der Waals surface area contributed by atoms with Gasteiger partial charge in [-0.25, -0.2) is 0 Å². The molecular weight excluding hydrogens is 364 g/mol. The number of anilines is 2. The van der Waals surface area contributed by atoms with Crippen molar-refractivity contribution in [3.63, 3.8) is 0 Å². The van der Waals surface area contributed by atoms with Crippen LogP contribution in [0.2, 0.25) is 0 Å².